The standard InChI is InChI=1S/C43H35NO2/c1-26(2)36-23-31(29-15-9-6-10-16-29)24-37(27(3)4)40(36)34-18-12-20-38-42(34)46-43(44-38)35-19-11-17-33-32-22-21-30(25-39(32)45-41(33)35)28-13-7-5-8-14-28/h5-27H,1-4H3. The number of nitrogens with zero attached hydrogens (tertiary/aromatic N) is 1. The molecule has 8 rings (SSSR count). The van der Waals surface area contributed by atoms with E-state index in [0.29, 0.717) is 17.7 Å². The van der Waals surface area contributed by atoms with Gasteiger partial charge in [-0.2, -0.15) is 0 Å². The highest BCUT2D eigenvalue weighted by atomic mass is 16.4. The fourth-order valence-electron chi connectivity index (χ4n) is 6.74. The van der Waals surface area contributed by atoms with Gasteiger partial charge in [0.25, 0.3) is 0 Å². The van der Waals surface area contributed by atoms with Crippen LogP contribution in [0.3, 0.4) is 0 Å². The van der Waals surface area contributed by atoms with Gasteiger partial charge in [-0.1, -0.05) is 131 Å². The molecule has 0 atom stereocenters. The summed E-state index contributed by atoms with van der Waals surface area (Å²) in [5.41, 5.74) is 13.8. The Balaban J connectivity index is 1.30. The number of benzene rings is 6. The molecule has 0 aliphatic heterocycles. The van der Waals surface area contributed by atoms with Crippen molar-refractivity contribution in [1.29, 1.82) is 0 Å². The quantitative estimate of drug-likeness (QED) is 0.191. The van der Waals surface area contributed by atoms with Crippen molar-refractivity contribution in [1.82, 2.24) is 4.98 Å². The van der Waals surface area contributed by atoms with E-state index in [4.69, 9.17) is 13.8 Å². The van der Waals surface area contributed by atoms with Gasteiger partial charge in [-0.3, -0.25) is 0 Å². The van der Waals surface area contributed by atoms with Gasteiger partial charge in [0.2, 0.25) is 5.89 Å². The summed E-state index contributed by atoms with van der Waals surface area (Å²) in [7, 11) is 0. The molecule has 2 aromatic heterocycles. The van der Waals surface area contributed by atoms with E-state index in [2.05, 4.69) is 137 Å². The number of hydrogen-bond donors (Lipinski definition) is 0. The Morgan fingerprint density at radius 3 is 1.78 bits per heavy atom. The first kappa shape index (κ1) is 28.1. The topological polar surface area (TPSA) is 39.2 Å². The molecule has 0 saturated carbocycles. The Hall–Kier alpha value is -5.41. The van der Waals surface area contributed by atoms with Crippen LogP contribution in [-0.2, 0) is 0 Å². The molecule has 0 aliphatic rings. The highest BCUT2D eigenvalue weighted by Gasteiger charge is 2.23. The number of rotatable bonds is 6. The summed E-state index contributed by atoms with van der Waals surface area (Å²) in [6, 6.07) is 44.7. The van der Waals surface area contributed by atoms with Gasteiger partial charge < -0.3 is 8.83 Å². The Bertz CT molecular complexity index is 2330. The second kappa shape index (κ2) is 11.2. The lowest BCUT2D eigenvalue weighted by Gasteiger charge is -2.22. The summed E-state index contributed by atoms with van der Waals surface area (Å²) in [6.07, 6.45) is 0. The zero-order chi connectivity index (χ0) is 31.4. The number of fused-ring (bicyclic) bond motifs is 4. The van der Waals surface area contributed by atoms with Gasteiger partial charge in [0.05, 0.1) is 5.56 Å². The zero-order valence-electron chi connectivity index (χ0n) is 26.5. The van der Waals surface area contributed by atoms with Crippen LogP contribution >= 0.6 is 0 Å². The lowest BCUT2D eigenvalue weighted by molar-refractivity contribution is 0.616. The Labute approximate surface area is 269 Å². The highest BCUT2D eigenvalue weighted by molar-refractivity contribution is 6.10. The van der Waals surface area contributed by atoms with E-state index in [-0.39, 0.29) is 0 Å². The van der Waals surface area contributed by atoms with E-state index in [1.54, 1.807) is 0 Å². The number of furan rings is 1. The first-order valence-electron chi connectivity index (χ1n) is 16.1. The number of hydrogen-bond acceptors (Lipinski definition) is 3. The second-order valence-electron chi connectivity index (χ2n) is 12.7. The predicted octanol–water partition coefficient (Wildman–Crippen LogP) is 12.6. The average molecular weight is 598 g/mol. The smallest absolute Gasteiger partial charge is 0.231 e. The molecule has 3 heteroatoms. The fourth-order valence-corrected chi connectivity index (χ4v) is 6.74. The number of oxazole rings is 1. The molecule has 46 heavy (non-hydrogen) atoms. The van der Waals surface area contributed by atoms with Crippen LogP contribution in [0.2, 0.25) is 0 Å². The maximum atomic E-state index is 6.75. The predicted molar refractivity (Wildman–Crippen MR) is 191 cm³/mol. The van der Waals surface area contributed by atoms with E-state index < -0.39 is 0 Å². The van der Waals surface area contributed by atoms with Gasteiger partial charge in [0, 0.05) is 16.3 Å². The van der Waals surface area contributed by atoms with Gasteiger partial charge in [0.15, 0.2) is 5.58 Å². The molecular formula is C43H35NO2. The van der Waals surface area contributed by atoms with Crippen LogP contribution in [0, 0.1) is 0 Å². The summed E-state index contributed by atoms with van der Waals surface area (Å²) in [5, 5.41) is 2.13. The van der Waals surface area contributed by atoms with Crippen LogP contribution in [0.4, 0.5) is 0 Å². The Kier molecular flexibility index (Phi) is 6.83. The maximum Gasteiger partial charge on any atom is 0.231 e. The molecule has 0 saturated heterocycles. The van der Waals surface area contributed by atoms with Crippen molar-refractivity contribution in [3.8, 4) is 44.8 Å². The molecule has 224 valence electrons. The molecule has 0 bridgehead atoms. The van der Waals surface area contributed by atoms with Gasteiger partial charge >= 0.3 is 0 Å². The van der Waals surface area contributed by atoms with Crippen LogP contribution in [0.1, 0.15) is 50.7 Å². The molecule has 0 N–H and O–H groups in total. The molecule has 8 aromatic rings. The van der Waals surface area contributed by atoms with Gasteiger partial charge in [0.1, 0.15) is 16.7 Å². The minimum absolute atomic E-state index is 0.318. The molecule has 6 aromatic carbocycles. The van der Waals surface area contributed by atoms with Crippen molar-refractivity contribution in [2.75, 3.05) is 0 Å². The SMILES string of the molecule is CC(C)c1cc(-c2ccccc2)cc(C(C)C)c1-c1cccc2nc(-c3cccc4c3oc3cc(-c5ccccc5)ccc34)oc12. The van der Waals surface area contributed by atoms with Gasteiger partial charge in [-0.15, -0.1) is 0 Å². The van der Waals surface area contributed by atoms with E-state index in [1.807, 2.05) is 18.2 Å². The van der Waals surface area contributed by atoms with E-state index in [1.165, 1.54) is 27.8 Å². The fraction of sp³-hybridized carbons (Fsp3) is 0.140. The molecule has 3 nitrogen and oxygen atoms in total. The van der Waals surface area contributed by atoms with E-state index in [9.17, 15) is 0 Å². The molecule has 0 aliphatic carbocycles. The highest BCUT2D eigenvalue weighted by Crippen LogP contribution is 2.44. The lowest BCUT2D eigenvalue weighted by atomic mass is 9.82. The summed E-state index contributed by atoms with van der Waals surface area (Å²) in [5.74, 6) is 1.20. The largest absolute Gasteiger partial charge is 0.455 e. The van der Waals surface area contributed by atoms with Crippen LogP contribution in [0.25, 0.3) is 77.9 Å². The van der Waals surface area contributed by atoms with Crippen molar-refractivity contribution >= 4 is 33.0 Å². The summed E-state index contributed by atoms with van der Waals surface area (Å²) in [4.78, 5) is 5.04. The molecule has 0 fully saturated rings. The van der Waals surface area contributed by atoms with Crippen molar-refractivity contribution in [2.24, 2.45) is 0 Å². The van der Waals surface area contributed by atoms with Gasteiger partial charge in [-0.05, 0) is 75.0 Å². The van der Waals surface area contributed by atoms with Crippen LogP contribution < -0.4 is 0 Å². The van der Waals surface area contributed by atoms with E-state index >= 15 is 0 Å². The molecule has 0 radical (unpaired) electrons. The normalized spacial score (nSPS) is 11.9. The molecule has 0 unspecified atom stereocenters. The van der Waals surface area contributed by atoms with Crippen LogP contribution in [-0.4, -0.2) is 4.98 Å². The summed E-state index contributed by atoms with van der Waals surface area (Å²) < 4.78 is 13.3. The molecule has 0 spiro atoms. The van der Waals surface area contributed by atoms with E-state index in [0.717, 1.165) is 55.3 Å². The van der Waals surface area contributed by atoms with Crippen LogP contribution in [0.15, 0.2) is 136 Å². The monoisotopic (exact) mass is 597 g/mol. The third kappa shape index (κ3) is 4.71. The van der Waals surface area contributed by atoms with Crippen molar-refractivity contribution in [3.63, 3.8) is 0 Å². The second-order valence-corrected chi connectivity index (χ2v) is 12.7. The molecule has 2 heterocycles. The van der Waals surface area contributed by atoms with Crippen molar-refractivity contribution in [2.45, 2.75) is 39.5 Å². The Morgan fingerprint density at radius 2 is 1.11 bits per heavy atom. The van der Waals surface area contributed by atoms with Crippen molar-refractivity contribution < 1.29 is 8.83 Å². The average Bonchev–Trinajstić information content (AvgIpc) is 3.70. The summed E-state index contributed by atoms with van der Waals surface area (Å²) >= 11 is 0. The maximum absolute atomic E-state index is 6.75. The first-order chi connectivity index (χ1) is 22.5. The minimum atomic E-state index is 0.318. The first-order valence-corrected chi connectivity index (χ1v) is 16.1. The number of para-hydroxylation sites is 2. The third-order valence-corrected chi connectivity index (χ3v) is 9.07. The zero-order valence-corrected chi connectivity index (χ0v) is 26.5. The van der Waals surface area contributed by atoms with Crippen molar-refractivity contribution in [3.05, 3.63) is 139 Å². The molecular weight excluding hydrogens is 562 g/mol. The third-order valence-electron chi connectivity index (χ3n) is 9.07. The minimum Gasteiger partial charge on any atom is -0.455 e. The summed E-state index contributed by atoms with van der Waals surface area (Å²) in [6.45, 7) is 9.09. The van der Waals surface area contributed by atoms with Gasteiger partial charge in [-0.25, -0.2) is 4.98 Å². The Morgan fingerprint density at radius 1 is 0.478 bits per heavy atom. The van der Waals surface area contributed by atoms with Crippen LogP contribution in [0.5, 0.6) is 0 Å². The molecule has 0 amide bonds. The number of aromatic nitrogens is 1. The lowest BCUT2D eigenvalue weighted by Crippen LogP contribution is -2.01.